The standard InChI is InChI=1S/C23H18Cl2F3NO5/c1-12(22(33,23(26,27)28)14-5-10-18(30)29(2)11-14)16-8-9-17(20(25)19(16)24)34-15-6-3-13(4-7-15)21(31)32/h3-12,33H,1-2H3,(H,31,32)/t12-,22-/m1/s1. The van der Waals surface area contributed by atoms with Gasteiger partial charge in [-0.15, -0.1) is 0 Å². The van der Waals surface area contributed by atoms with Crippen molar-refractivity contribution in [1.82, 2.24) is 4.57 Å². The van der Waals surface area contributed by atoms with Gasteiger partial charge in [0, 0.05) is 30.8 Å². The number of carboxylic acids is 1. The van der Waals surface area contributed by atoms with E-state index in [1.807, 2.05) is 0 Å². The van der Waals surface area contributed by atoms with Crippen LogP contribution in [-0.4, -0.2) is 26.9 Å². The topological polar surface area (TPSA) is 88.8 Å². The zero-order chi connectivity index (χ0) is 25.4. The van der Waals surface area contributed by atoms with Gasteiger partial charge in [-0.2, -0.15) is 13.2 Å². The summed E-state index contributed by atoms with van der Waals surface area (Å²) in [7, 11) is 1.27. The lowest BCUT2D eigenvalue weighted by Crippen LogP contribution is -2.47. The second-order valence-electron chi connectivity index (χ2n) is 7.57. The fourth-order valence-electron chi connectivity index (χ4n) is 3.46. The number of carboxylic acid groups (broad SMARTS) is 1. The number of alkyl halides is 3. The van der Waals surface area contributed by atoms with Gasteiger partial charge in [-0.1, -0.05) is 36.2 Å². The van der Waals surface area contributed by atoms with Crippen LogP contribution in [0.4, 0.5) is 13.2 Å². The molecule has 0 amide bonds. The number of nitrogens with zero attached hydrogens (tertiary/aromatic N) is 1. The highest BCUT2D eigenvalue weighted by Gasteiger charge is 2.59. The van der Waals surface area contributed by atoms with Crippen molar-refractivity contribution < 1.29 is 32.9 Å². The first-order valence-electron chi connectivity index (χ1n) is 9.72. The smallest absolute Gasteiger partial charge is 0.422 e. The number of pyridine rings is 1. The number of aliphatic hydroxyl groups is 1. The number of halogens is 5. The number of benzene rings is 2. The number of aromatic nitrogens is 1. The highest BCUT2D eigenvalue weighted by atomic mass is 35.5. The largest absolute Gasteiger partial charge is 0.478 e. The highest BCUT2D eigenvalue weighted by Crippen LogP contribution is 2.51. The number of hydrogen-bond acceptors (Lipinski definition) is 4. The third-order valence-electron chi connectivity index (χ3n) is 5.46. The number of aryl methyl sites for hydroxylation is 1. The first-order chi connectivity index (χ1) is 15.8. The maximum absolute atomic E-state index is 14.2. The van der Waals surface area contributed by atoms with Crippen LogP contribution in [0.3, 0.4) is 0 Å². The molecule has 1 heterocycles. The molecule has 0 fully saturated rings. The maximum Gasteiger partial charge on any atom is 0.422 e. The Morgan fingerprint density at radius 2 is 1.65 bits per heavy atom. The van der Waals surface area contributed by atoms with Gasteiger partial charge in [-0.05, 0) is 42.0 Å². The first-order valence-corrected chi connectivity index (χ1v) is 10.5. The van der Waals surface area contributed by atoms with E-state index in [9.17, 15) is 27.9 Å². The minimum absolute atomic E-state index is 0.0170. The Morgan fingerprint density at radius 3 is 2.18 bits per heavy atom. The molecule has 0 spiro atoms. The van der Waals surface area contributed by atoms with Crippen LogP contribution in [-0.2, 0) is 12.6 Å². The van der Waals surface area contributed by atoms with Crippen LogP contribution in [0.5, 0.6) is 11.5 Å². The summed E-state index contributed by atoms with van der Waals surface area (Å²) in [5.41, 5.74) is -4.54. The molecule has 34 heavy (non-hydrogen) atoms. The number of rotatable bonds is 6. The summed E-state index contributed by atoms with van der Waals surface area (Å²) in [5.74, 6) is -2.51. The molecule has 2 N–H and O–H groups in total. The average Bonchev–Trinajstić information content (AvgIpc) is 2.77. The van der Waals surface area contributed by atoms with E-state index in [0.717, 1.165) is 29.8 Å². The molecule has 11 heteroatoms. The van der Waals surface area contributed by atoms with Crippen molar-refractivity contribution in [2.24, 2.45) is 7.05 Å². The molecule has 0 unspecified atom stereocenters. The van der Waals surface area contributed by atoms with Crippen LogP contribution in [0.15, 0.2) is 59.5 Å². The van der Waals surface area contributed by atoms with Crippen LogP contribution in [0.1, 0.15) is 34.3 Å². The Hall–Kier alpha value is -3.01. The van der Waals surface area contributed by atoms with Gasteiger partial charge in [0.15, 0.2) is 5.60 Å². The second kappa shape index (κ2) is 9.32. The lowest BCUT2D eigenvalue weighted by Gasteiger charge is -2.37. The van der Waals surface area contributed by atoms with Gasteiger partial charge in [0.1, 0.15) is 16.5 Å². The van der Waals surface area contributed by atoms with Crippen LogP contribution >= 0.6 is 23.2 Å². The summed E-state index contributed by atoms with van der Waals surface area (Å²) in [6.07, 6.45) is -4.21. The molecular weight excluding hydrogens is 498 g/mol. The van der Waals surface area contributed by atoms with Gasteiger partial charge in [0.2, 0.25) is 5.56 Å². The highest BCUT2D eigenvalue weighted by molar-refractivity contribution is 6.43. The van der Waals surface area contributed by atoms with E-state index in [2.05, 4.69) is 0 Å². The van der Waals surface area contributed by atoms with Gasteiger partial charge >= 0.3 is 12.1 Å². The molecule has 180 valence electrons. The molecule has 0 aliphatic carbocycles. The minimum atomic E-state index is -5.12. The lowest BCUT2D eigenvalue weighted by molar-refractivity contribution is -0.274. The Labute approximate surface area is 201 Å². The van der Waals surface area contributed by atoms with Gasteiger partial charge < -0.3 is 19.5 Å². The van der Waals surface area contributed by atoms with E-state index >= 15 is 0 Å². The quantitative estimate of drug-likeness (QED) is 0.437. The molecule has 3 aromatic rings. The Morgan fingerprint density at radius 1 is 1.03 bits per heavy atom. The van der Waals surface area contributed by atoms with Crippen LogP contribution < -0.4 is 10.3 Å². The molecule has 0 bridgehead atoms. The zero-order valence-corrected chi connectivity index (χ0v) is 19.2. The predicted octanol–water partition coefficient (Wildman–Crippen LogP) is 5.74. The third-order valence-corrected chi connectivity index (χ3v) is 6.34. The Balaban J connectivity index is 2.02. The summed E-state index contributed by atoms with van der Waals surface area (Å²) >= 11 is 12.6. The molecular formula is C23H18Cl2F3NO5. The van der Waals surface area contributed by atoms with Crippen molar-refractivity contribution in [2.45, 2.75) is 24.6 Å². The molecule has 0 saturated carbocycles. The van der Waals surface area contributed by atoms with Crippen LogP contribution in [0.25, 0.3) is 0 Å². The summed E-state index contributed by atoms with van der Waals surface area (Å²) < 4.78 is 49.0. The van der Waals surface area contributed by atoms with Crippen LogP contribution in [0, 0.1) is 0 Å². The number of aromatic carboxylic acids is 1. The van der Waals surface area contributed by atoms with Crippen LogP contribution in [0.2, 0.25) is 10.0 Å². The summed E-state index contributed by atoms with van der Waals surface area (Å²) in [6.45, 7) is 1.14. The summed E-state index contributed by atoms with van der Waals surface area (Å²) in [4.78, 5) is 22.6. The molecule has 0 aliphatic heterocycles. The van der Waals surface area contributed by atoms with Crippen molar-refractivity contribution in [3.8, 4) is 11.5 Å². The Kier molecular flexibility index (Phi) is 7.02. The molecule has 3 rings (SSSR count). The molecule has 0 saturated heterocycles. The van der Waals surface area contributed by atoms with E-state index < -0.39 is 34.8 Å². The summed E-state index contributed by atoms with van der Waals surface area (Å²) in [6, 6.07) is 9.76. The predicted molar refractivity (Wildman–Crippen MR) is 120 cm³/mol. The number of hydrogen-bond donors (Lipinski definition) is 2. The van der Waals surface area contributed by atoms with E-state index in [1.165, 1.54) is 43.4 Å². The lowest BCUT2D eigenvalue weighted by atomic mass is 9.78. The SMILES string of the molecule is C[C@H](c1ccc(Oc2ccc(C(=O)O)cc2)c(Cl)c1Cl)[C@@](O)(c1ccc(=O)n(C)c1)C(F)(F)F. The fraction of sp³-hybridized carbons (Fsp3) is 0.217. The van der Waals surface area contributed by atoms with Crippen molar-refractivity contribution >= 4 is 29.2 Å². The molecule has 1 aromatic heterocycles. The second-order valence-corrected chi connectivity index (χ2v) is 8.32. The van der Waals surface area contributed by atoms with Crippen molar-refractivity contribution in [1.29, 1.82) is 0 Å². The molecule has 2 aromatic carbocycles. The first kappa shape index (κ1) is 25.6. The van der Waals surface area contributed by atoms with E-state index in [0.29, 0.717) is 0 Å². The zero-order valence-electron chi connectivity index (χ0n) is 17.7. The van der Waals surface area contributed by atoms with Gasteiger partial charge in [-0.25, -0.2) is 4.79 Å². The van der Waals surface area contributed by atoms with E-state index in [4.69, 9.17) is 33.0 Å². The summed E-state index contributed by atoms with van der Waals surface area (Å²) in [5, 5.41) is 19.4. The number of carbonyl (C=O) groups is 1. The van der Waals surface area contributed by atoms with E-state index in [1.54, 1.807) is 0 Å². The monoisotopic (exact) mass is 515 g/mol. The third kappa shape index (κ3) is 4.64. The maximum atomic E-state index is 14.2. The van der Waals surface area contributed by atoms with Crippen molar-refractivity contribution in [3.05, 3.63) is 91.8 Å². The normalized spacial score (nSPS) is 14.4. The molecule has 0 radical (unpaired) electrons. The van der Waals surface area contributed by atoms with Gasteiger partial charge in [0.05, 0.1) is 10.6 Å². The minimum Gasteiger partial charge on any atom is -0.478 e. The Bertz CT molecular complexity index is 1290. The number of ether oxygens (including phenoxy) is 1. The molecule has 6 nitrogen and oxygen atoms in total. The van der Waals surface area contributed by atoms with Crippen molar-refractivity contribution in [3.63, 3.8) is 0 Å². The van der Waals surface area contributed by atoms with Crippen molar-refractivity contribution in [2.75, 3.05) is 0 Å². The van der Waals surface area contributed by atoms with Gasteiger partial charge in [0.25, 0.3) is 0 Å². The average molecular weight is 516 g/mol. The fourth-order valence-corrected chi connectivity index (χ4v) is 3.99. The molecule has 2 atom stereocenters. The van der Waals surface area contributed by atoms with Gasteiger partial charge in [-0.3, -0.25) is 4.79 Å². The van der Waals surface area contributed by atoms with E-state index in [-0.39, 0.29) is 32.7 Å². The molecule has 0 aliphatic rings.